The van der Waals surface area contributed by atoms with Crippen LogP contribution in [0.15, 0.2) is 30.5 Å². The first-order chi connectivity index (χ1) is 9.52. The lowest BCUT2D eigenvalue weighted by atomic mass is 10.1. The van der Waals surface area contributed by atoms with E-state index in [1.165, 1.54) is 12.1 Å². The molecule has 0 radical (unpaired) electrons. The number of benzene rings is 1. The van der Waals surface area contributed by atoms with E-state index in [2.05, 4.69) is 10.3 Å². The van der Waals surface area contributed by atoms with Crippen LogP contribution in [0.4, 0.5) is 10.1 Å². The summed E-state index contributed by atoms with van der Waals surface area (Å²) in [5.41, 5.74) is 1.28. The van der Waals surface area contributed by atoms with Crippen LogP contribution in [0.25, 0.3) is 0 Å². The van der Waals surface area contributed by atoms with Crippen molar-refractivity contribution in [3.8, 4) is 5.88 Å². The molecule has 1 unspecified atom stereocenters. The van der Waals surface area contributed by atoms with E-state index in [9.17, 15) is 4.39 Å². The highest BCUT2D eigenvalue weighted by Crippen LogP contribution is 2.34. The molecule has 6 heteroatoms. The summed E-state index contributed by atoms with van der Waals surface area (Å²) >= 11 is 12.1. The van der Waals surface area contributed by atoms with Crippen molar-refractivity contribution in [3.05, 3.63) is 51.9 Å². The Morgan fingerprint density at radius 1 is 1.25 bits per heavy atom. The summed E-state index contributed by atoms with van der Waals surface area (Å²) < 4.78 is 18.5. The van der Waals surface area contributed by atoms with Gasteiger partial charge in [0.1, 0.15) is 5.82 Å². The van der Waals surface area contributed by atoms with E-state index in [-0.39, 0.29) is 11.1 Å². The van der Waals surface area contributed by atoms with E-state index in [0.717, 1.165) is 5.69 Å². The van der Waals surface area contributed by atoms with Gasteiger partial charge in [0, 0.05) is 16.7 Å². The molecule has 2 rings (SSSR count). The maximum absolute atomic E-state index is 13.5. The van der Waals surface area contributed by atoms with Gasteiger partial charge in [-0.3, -0.25) is 0 Å². The molecule has 0 aliphatic heterocycles. The number of pyridine rings is 1. The van der Waals surface area contributed by atoms with Gasteiger partial charge in [0.05, 0.1) is 30.1 Å². The predicted molar refractivity (Wildman–Crippen MR) is 79.2 cm³/mol. The Balaban J connectivity index is 2.23. The number of hydrogen-bond acceptors (Lipinski definition) is 3. The Morgan fingerprint density at radius 2 is 2.00 bits per heavy atom. The van der Waals surface area contributed by atoms with Gasteiger partial charge in [-0.1, -0.05) is 23.2 Å². The van der Waals surface area contributed by atoms with Crippen LogP contribution < -0.4 is 10.1 Å². The maximum Gasteiger partial charge on any atom is 0.213 e. The molecule has 0 saturated heterocycles. The van der Waals surface area contributed by atoms with Gasteiger partial charge in [0.25, 0.3) is 0 Å². The molecule has 0 aliphatic carbocycles. The highest BCUT2D eigenvalue weighted by Gasteiger charge is 2.17. The third-order valence-electron chi connectivity index (χ3n) is 2.84. The lowest BCUT2D eigenvalue weighted by molar-refractivity contribution is 0.398. The summed E-state index contributed by atoms with van der Waals surface area (Å²) in [6, 6.07) is 6.01. The van der Waals surface area contributed by atoms with Crippen molar-refractivity contribution < 1.29 is 9.13 Å². The highest BCUT2D eigenvalue weighted by atomic mass is 35.5. The largest absolute Gasteiger partial charge is 0.481 e. The van der Waals surface area contributed by atoms with Crippen molar-refractivity contribution in [2.24, 2.45) is 0 Å². The van der Waals surface area contributed by atoms with E-state index in [0.29, 0.717) is 16.5 Å². The van der Waals surface area contributed by atoms with Gasteiger partial charge in [-0.05, 0) is 25.1 Å². The van der Waals surface area contributed by atoms with Crippen LogP contribution in [-0.2, 0) is 0 Å². The van der Waals surface area contributed by atoms with Gasteiger partial charge in [0.2, 0.25) is 5.88 Å². The maximum atomic E-state index is 13.5. The van der Waals surface area contributed by atoms with E-state index in [1.807, 2.05) is 13.0 Å². The quantitative estimate of drug-likeness (QED) is 0.830. The average Bonchev–Trinajstić information content (AvgIpc) is 2.44. The van der Waals surface area contributed by atoms with Gasteiger partial charge in [-0.2, -0.15) is 0 Å². The van der Waals surface area contributed by atoms with Crippen LogP contribution in [0.3, 0.4) is 0 Å². The highest BCUT2D eigenvalue weighted by molar-refractivity contribution is 6.36. The van der Waals surface area contributed by atoms with Crippen molar-refractivity contribution in [1.29, 1.82) is 0 Å². The Bertz CT molecular complexity index is 605. The van der Waals surface area contributed by atoms with Crippen LogP contribution >= 0.6 is 23.2 Å². The second-order valence-electron chi connectivity index (χ2n) is 4.21. The first-order valence-electron chi connectivity index (χ1n) is 5.93. The molecule has 1 aromatic heterocycles. The van der Waals surface area contributed by atoms with E-state index < -0.39 is 5.82 Å². The third-order valence-corrected chi connectivity index (χ3v) is 3.55. The van der Waals surface area contributed by atoms with Crippen molar-refractivity contribution in [2.45, 2.75) is 13.0 Å². The molecule has 1 aromatic carbocycles. The Kier molecular flexibility index (Phi) is 4.68. The fraction of sp³-hybridized carbons (Fsp3) is 0.214. The SMILES string of the molecule is COc1ccc(NC(C)c2c(Cl)ccc(F)c2Cl)cn1. The fourth-order valence-electron chi connectivity index (χ4n) is 1.85. The van der Waals surface area contributed by atoms with Gasteiger partial charge >= 0.3 is 0 Å². The molecule has 2 aromatic rings. The first-order valence-corrected chi connectivity index (χ1v) is 6.68. The lowest BCUT2D eigenvalue weighted by Crippen LogP contribution is -2.09. The van der Waals surface area contributed by atoms with Gasteiger partial charge < -0.3 is 10.1 Å². The Labute approximate surface area is 126 Å². The van der Waals surface area contributed by atoms with E-state index in [1.54, 1.807) is 19.4 Å². The number of ether oxygens (including phenoxy) is 1. The predicted octanol–water partition coefficient (Wildman–Crippen LogP) is 4.71. The van der Waals surface area contributed by atoms with Crippen LogP contribution in [0, 0.1) is 5.82 Å². The van der Waals surface area contributed by atoms with Crippen molar-refractivity contribution in [2.75, 3.05) is 12.4 Å². The van der Waals surface area contributed by atoms with Crippen LogP contribution in [0.2, 0.25) is 10.0 Å². The first kappa shape index (κ1) is 14.9. The normalized spacial score (nSPS) is 12.1. The summed E-state index contributed by atoms with van der Waals surface area (Å²) in [5.74, 6) is 0.0256. The number of nitrogens with zero attached hydrogens (tertiary/aromatic N) is 1. The van der Waals surface area contributed by atoms with Gasteiger partial charge in [-0.25, -0.2) is 9.37 Å². The second-order valence-corrected chi connectivity index (χ2v) is 5.00. The molecule has 0 fully saturated rings. The molecule has 0 aliphatic rings. The van der Waals surface area contributed by atoms with Gasteiger partial charge in [0.15, 0.2) is 0 Å². The van der Waals surface area contributed by atoms with Crippen LogP contribution in [0.1, 0.15) is 18.5 Å². The minimum atomic E-state index is -0.493. The molecule has 106 valence electrons. The molecule has 0 amide bonds. The lowest BCUT2D eigenvalue weighted by Gasteiger charge is -2.18. The van der Waals surface area contributed by atoms with E-state index >= 15 is 0 Å². The molecular weight excluding hydrogens is 302 g/mol. The zero-order valence-electron chi connectivity index (χ0n) is 11.0. The van der Waals surface area contributed by atoms with Gasteiger partial charge in [-0.15, -0.1) is 0 Å². The number of rotatable bonds is 4. The molecule has 0 bridgehead atoms. The monoisotopic (exact) mass is 314 g/mol. The molecule has 0 saturated carbocycles. The van der Waals surface area contributed by atoms with E-state index in [4.69, 9.17) is 27.9 Å². The van der Waals surface area contributed by atoms with Crippen LogP contribution in [0.5, 0.6) is 5.88 Å². The summed E-state index contributed by atoms with van der Waals surface area (Å²) in [5, 5.41) is 3.61. The number of aromatic nitrogens is 1. The zero-order chi connectivity index (χ0) is 14.7. The minimum absolute atomic E-state index is 0.0268. The van der Waals surface area contributed by atoms with Crippen molar-refractivity contribution >= 4 is 28.9 Å². The van der Waals surface area contributed by atoms with Crippen molar-refractivity contribution in [3.63, 3.8) is 0 Å². The summed E-state index contributed by atoms with van der Waals surface area (Å²) in [6.45, 7) is 1.84. The summed E-state index contributed by atoms with van der Waals surface area (Å²) in [7, 11) is 1.55. The minimum Gasteiger partial charge on any atom is -0.481 e. The number of methoxy groups -OCH3 is 1. The fourth-order valence-corrected chi connectivity index (χ4v) is 2.55. The molecule has 3 nitrogen and oxygen atoms in total. The third kappa shape index (κ3) is 3.14. The topological polar surface area (TPSA) is 34.1 Å². The number of hydrogen-bond donors (Lipinski definition) is 1. The Morgan fingerprint density at radius 3 is 2.60 bits per heavy atom. The zero-order valence-corrected chi connectivity index (χ0v) is 12.5. The number of anilines is 1. The molecule has 1 heterocycles. The Hall–Kier alpha value is -1.52. The molecule has 20 heavy (non-hydrogen) atoms. The number of halogens is 3. The standard InChI is InChI=1S/C14H13Cl2FN2O/c1-8(13-10(15)4-5-11(17)14(13)16)19-9-3-6-12(20-2)18-7-9/h3-8,19H,1-2H3. The average molecular weight is 315 g/mol. The van der Waals surface area contributed by atoms with Crippen molar-refractivity contribution in [1.82, 2.24) is 4.98 Å². The van der Waals surface area contributed by atoms with Crippen LogP contribution in [-0.4, -0.2) is 12.1 Å². The summed E-state index contributed by atoms with van der Waals surface area (Å²) in [4.78, 5) is 4.08. The second kappa shape index (κ2) is 6.29. The number of nitrogens with one attached hydrogen (secondary N) is 1. The smallest absolute Gasteiger partial charge is 0.213 e. The molecular formula is C14H13Cl2FN2O. The molecule has 1 atom stereocenters. The summed E-state index contributed by atoms with van der Waals surface area (Å²) in [6.07, 6.45) is 1.62. The molecule has 0 spiro atoms. The molecule has 1 N–H and O–H groups in total.